The first-order chi connectivity index (χ1) is 9.63. The molecule has 2 fully saturated rings. The van der Waals surface area contributed by atoms with Gasteiger partial charge in [-0.05, 0) is 12.8 Å². The molecule has 2 aliphatic heterocycles. The van der Waals surface area contributed by atoms with Crippen molar-refractivity contribution in [3.63, 3.8) is 0 Å². The van der Waals surface area contributed by atoms with Gasteiger partial charge >= 0.3 is 0 Å². The minimum Gasteiger partial charge on any atom is -0.346 e. The van der Waals surface area contributed by atoms with Gasteiger partial charge in [-0.1, -0.05) is 0 Å². The minimum atomic E-state index is -0.345. The summed E-state index contributed by atoms with van der Waals surface area (Å²) in [5, 5.41) is 10.9. The van der Waals surface area contributed by atoms with Gasteiger partial charge in [-0.25, -0.2) is 4.98 Å². The zero-order chi connectivity index (χ0) is 13.9. The summed E-state index contributed by atoms with van der Waals surface area (Å²) in [4.78, 5) is 32.4. The average molecular weight is 276 g/mol. The highest BCUT2D eigenvalue weighted by molar-refractivity contribution is 5.81. The van der Waals surface area contributed by atoms with Gasteiger partial charge in [-0.15, -0.1) is 0 Å². The number of hydrogen-bond donors (Lipinski definition) is 1. The van der Waals surface area contributed by atoms with E-state index in [0.717, 1.165) is 30.7 Å². The molecule has 1 spiro atoms. The van der Waals surface area contributed by atoms with Crippen molar-refractivity contribution in [3.05, 3.63) is 27.8 Å². The predicted octanol–water partition coefficient (Wildman–Crippen LogP) is 0.696. The van der Waals surface area contributed by atoms with Crippen molar-refractivity contribution in [1.29, 1.82) is 0 Å². The highest BCUT2D eigenvalue weighted by atomic mass is 16.6. The third-order valence-corrected chi connectivity index (χ3v) is 5.36. The molecule has 1 amide bonds. The number of aromatic amines is 1. The molecule has 0 bridgehead atoms. The molecule has 4 rings (SSSR count). The second kappa shape index (κ2) is 3.80. The molecule has 0 aromatic carbocycles. The van der Waals surface area contributed by atoms with Crippen LogP contribution in [0.3, 0.4) is 0 Å². The van der Waals surface area contributed by atoms with Crippen LogP contribution >= 0.6 is 0 Å². The van der Waals surface area contributed by atoms with Gasteiger partial charge in [0.05, 0.1) is 23.3 Å². The van der Waals surface area contributed by atoms with E-state index in [1.54, 1.807) is 6.33 Å². The van der Waals surface area contributed by atoms with Crippen LogP contribution in [0.15, 0.2) is 6.33 Å². The standard InChI is InChI=1S/C13H16N4O3/c18-11-5-9-8(6-17(19)20)1-3-13(9)12-10(14-7-15-12)2-4-16(11)13/h7-9H,1-6H2,(H,14,15)/t8-,9-,13+/m0/s1. The van der Waals surface area contributed by atoms with Crippen molar-refractivity contribution in [3.8, 4) is 0 Å². The fourth-order valence-electron chi connectivity index (χ4n) is 4.66. The lowest BCUT2D eigenvalue weighted by Crippen LogP contribution is -2.49. The lowest BCUT2D eigenvalue weighted by molar-refractivity contribution is -0.489. The number of nitro groups is 1. The number of imidazole rings is 1. The summed E-state index contributed by atoms with van der Waals surface area (Å²) >= 11 is 0. The smallest absolute Gasteiger partial charge is 0.223 e. The minimum absolute atomic E-state index is 0.00630. The maximum Gasteiger partial charge on any atom is 0.223 e. The number of carbonyl (C=O) groups is 1. The molecule has 1 aliphatic carbocycles. The Kier molecular flexibility index (Phi) is 2.26. The maximum atomic E-state index is 12.3. The van der Waals surface area contributed by atoms with E-state index >= 15 is 0 Å². The molecular formula is C13H16N4O3. The van der Waals surface area contributed by atoms with Crippen molar-refractivity contribution >= 4 is 5.91 Å². The van der Waals surface area contributed by atoms with E-state index in [0.29, 0.717) is 13.0 Å². The molecule has 3 aliphatic rings. The first-order valence-corrected chi connectivity index (χ1v) is 7.08. The number of carbonyl (C=O) groups excluding carboxylic acids is 1. The monoisotopic (exact) mass is 276 g/mol. The Labute approximate surface area is 115 Å². The van der Waals surface area contributed by atoms with Crippen LogP contribution < -0.4 is 0 Å². The van der Waals surface area contributed by atoms with E-state index in [-0.39, 0.29) is 34.7 Å². The Morgan fingerprint density at radius 2 is 2.45 bits per heavy atom. The Balaban J connectivity index is 1.80. The summed E-state index contributed by atoms with van der Waals surface area (Å²) in [6.45, 7) is 0.662. The van der Waals surface area contributed by atoms with Crippen LogP contribution in [0.2, 0.25) is 0 Å². The summed E-state index contributed by atoms with van der Waals surface area (Å²) in [6.07, 6.45) is 4.53. The summed E-state index contributed by atoms with van der Waals surface area (Å²) in [7, 11) is 0. The van der Waals surface area contributed by atoms with E-state index in [1.165, 1.54) is 0 Å². The van der Waals surface area contributed by atoms with Gasteiger partial charge in [0.1, 0.15) is 0 Å². The van der Waals surface area contributed by atoms with Crippen LogP contribution in [-0.2, 0) is 16.8 Å². The SMILES string of the molecule is O=C1C[C@H]2[C@H](C[N+](=O)[O-])CC[C@]23c2[nH]cnc2CCN13. The summed E-state index contributed by atoms with van der Waals surface area (Å²) in [6, 6.07) is 0. The number of hydrogen-bond acceptors (Lipinski definition) is 4. The number of aromatic nitrogens is 2. The number of rotatable bonds is 2. The lowest BCUT2D eigenvalue weighted by atomic mass is 9.78. The first-order valence-electron chi connectivity index (χ1n) is 7.08. The molecule has 7 heteroatoms. The lowest BCUT2D eigenvalue weighted by Gasteiger charge is -2.42. The first kappa shape index (κ1) is 11.9. The molecule has 7 nitrogen and oxygen atoms in total. The highest BCUT2D eigenvalue weighted by Gasteiger charge is 2.63. The van der Waals surface area contributed by atoms with Gasteiger partial charge in [0.15, 0.2) is 0 Å². The quantitative estimate of drug-likeness (QED) is 0.635. The predicted molar refractivity (Wildman–Crippen MR) is 68.4 cm³/mol. The normalized spacial score (nSPS) is 34.8. The van der Waals surface area contributed by atoms with Crippen LogP contribution in [0.25, 0.3) is 0 Å². The van der Waals surface area contributed by atoms with Gasteiger partial charge in [-0.3, -0.25) is 14.9 Å². The Morgan fingerprint density at radius 1 is 1.60 bits per heavy atom. The fourth-order valence-corrected chi connectivity index (χ4v) is 4.66. The van der Waals surface area contributed by atoms with Gasteiger partial charge < -0.3 is 9.88 Å². The molecule has 1 saturated heterocycles. The zero-order valence-corrected chi connectivity index (χ0v) is 11.0. The third-order valence-electron chi connectivity index (χ3n) is 5.36. The number of amides is 1. The van der Waals surface area contributed by atoms with Crippen molar-refractivity contribution in [2.24, 2.45) is 11.8 Å². The van der Waals surface area contributed by atoms with Crippen molar-refractivity contribution in [2.75, 3.05) is 13.1 Å². The molecule has 1 aromatic rings. The Hall–Kier alpha value is -1.92. The molecule has 0 unspecified atom stereocenters. The molecule has 3 heterocycles. The number of fused-ring (bicyclic) bond motifs is 1. The van der Waals surface area contributed by atoms with E-state index in [9.17, 15) is 14.9 Å². The molecule has 20 heavy (non-hydrogen) atoms. The molecular weight excluding hydrogens is 260 g/mol. The van der Waals surface area contributed by atoms with Gasteiger partial charge in [0.25, 0.3) is 0 Å². The fraction of sp³-hybridized carbons (Fsp3) is 0.692. The number of H-pyrrole nitrogens is 1. The summed E-state index contributed by atoms with van der Waals surface area (Å²) in [5.41, 5.74) is 1.72. The molecule has 106 valence electrons. The molecule has 1 aromatic heterocycles. The van der Waals surface area contributed by atoms with Crippen LogP contribution in [0, 0.1) is 22.0 Å². The van der Waals surface area contributed by atoms with Crippen molar-refractivity contribution in [2.45, 2.75) is 31.2 Å². The third kappa shape index (κ3) is 1.30. The van der Waals surface area contributed by atoms with Crippen LogP contribution in [-0.4, -0.2) is 38.8 Å². The Bertz CT molecular complexity index is 598. The average Bonchev–Trinajstić information content (AvgIpc) is 3.04. The summed E-state index contributed by atoms with van der Waals surface area (Å²) in [5.74, 6) is 0.191. The van der Waals surface area contributed by atoms with Crippen molar-refractivity contribution in [1.82, 2.24) is 14.9 Å². The molecule has 3 atom stereocenters. The van der Waals surface area contributed by atoms with Crippen molar-refractivity contribution < 1.29 is 9.72 Å². The van der Waals surface area contributed by atoms with Crippen LogP contribution in [0.4, 0.5) is 0 Å². The maximum absolute atomic E-state index is 12.3. The summed E-state index contributed by atoms with van der Waals surface area (Å²) < 4.78 is 0. The number of nitrogens with one attached hydrogen (secondary N) is 1. The van der Waals surface area contributed by atoms with E-state index in [1.807, 2.05) is 4.90 Å². The van der Waals surface area contributed by atoms with Crippen LogP contribution in [0.5, 0.6) is 0 Å². The van der Waals surface area contributed by atoms with Gasteiger partial charge in [0.2, 0.25) is 12.5 Å². The molecule has 1 N–H and O–H groups in total. The highest BCUT2D eigenvalue weighted by Crippen LogP contribution is 2.58. The van der Waals surface area contributed by atoms with E-state index in [2.05, 4.69) is 9.97 Å². The zero-order valence-electron chi connectivity index (χ0n) is 11.0. The molecule has 1 saturated carbocycles. The van der Waals surface area contributed by atoms with E-state index in [4.69, 9.17) is 0 Å². The van der Waals surface area contributed by atoms with Gasteiger partial charge in [-0.2, -0.15) is 0 Å². The topological polar surface area (TPSA) is 92.1 Å². The van der Waals surface area contributed by atoms with Gasteiger partial charge in [0, 0.05) is 36.1 Å². The largest absolute Gasteiger partial charge is 0.346 e. The second-order valence-corrected chi connectivity index (χ2v) is 6.07. The Morgan fingerprint density at radius 3 is 3.25 bits per heavy atom. The number of nitrogens with zero attached hydrogens (tertiary/aromatic N) is 3. The van der Waals surface area contributed by atoms with Crippen LogP contribution in [0.1, 0.15) is 30.7 Å². The molecule has 0 radical (unpaired) electrons. The van der Waals surface area contributed by atoms with E-state index < -0.39 is 0 Å². The second-order valence-electron chi connectivity index (χ2n) is 6.07.